The van der Waals surface area contributed by atoms with Crippen LogP contribution in [0.4, 0.5) is 0 Å². The molecule has 1 fully saturated rings. The monoisotopic (exact) mass is 257 g/mol. The van der Waals surface area contributed by atoms with Crippen molar-refractivity contribution in [2.24, 2.45) is 5.92 Å². The van der Waals surface area contributed by atoms with Crippen molar-refractivity contribution in [3.05, 3.63) is 0 Å². The first-order chi connectivity index (χ1) is 8.31. The number of β-amino-alcohol motifs (C(OH)–C–C–N with tert-alkyl or cyclic N) is 1. The molecule has 0 bridgehead atoms. The highest BCUT2D eigenvalue weighted by Crippen LogP contribution is 2.18. The van der Waals surface area contributed by atoms with Gasteiger partial charge in [-0.2, -0.15) is 0 Å². The Balaban J connectivity index is 2.26. The van der Waals surface area contributed by atoms with Crippen LogP contribution in [-0.4, -0.2) is 72.9 Å². The highest BCUT2D eigenvalue weighted by atomic mass is 16.3. The molecule has 1 rings (SSSR count). The third-order valence-corrected chi connectivity index (χ3v) is 3.80. The van der Waals surface area contributed by atoms with Crippen LogP contribution in [0, 0.1) is 5.92 Å². The van der Waals surface area contributed by atoms with Gasteiger partial charge in [0.25, 0.3) is 0 Å². The van der Waals surface area contributed by atoms with Crippen molar-refractivity contribution < 1.29 is 5.11 Å². The van der Waals surface area contributed by atoms with Gasteiger partial charge in [-0.3, -0.25) is 9.80 Å². The van der Waals surface area contributed by atoms with E-state index in [1.807, 2.05) is 0 Å². The van der Waals surface area contributed by atoms with Crippen LogP contribution in [-0.2, 0) is 0 Å². The van der Waals surface area contributed by atoms with E-state index in [0.29, 0.717) is 12.5 Å². The maximum atomic E-state index is 10.0. The molecule has 0 amide bonds. The summed E-state index contributed by atoms with van der Waals surface area (Å²) in [5, 5.41) is 13.3. The van der Waals surface area contributed by atoms with E-state index in [1.165, 1.54) is 0 Å². The van der Waals surface area contributed by atoms with E-state index in [0.717, 1.165) is 32.7 Å². The van der Waals surface area contributed by atoms with Gasteiger partial charge in [-0.05, 0) is 33.4 Å². The summed E-state index contributed by atoms with van der Waals surface area (Å²) in [6.07, 6.45) is -0.261. The number of piperazine rings is 1. The highest BCUT2D eigenvalue weighted by molar-refractivity contribution is 4.88. The minimum Gasteiger partial charge on any atom is -0.390 e. The Morgan fingerprint density at radius 2 is 1.89 bits per heavy atom. The van der Waals surface area contributed by atoms with Gasteiger partial charge >= 0.3 is 0 Å². The predicted molar refractivity (Wildman–Crippen MR) is 76.9 cm³/mol. The summed E-state index contributed by atoms with van der Waals surface area (Å²) in [5.41, 5.74) is 0.212. The topological polar surface area (TPSA) is 38.7 Å². The number of rotatable bonds is 6. The molecule has 0 aromatic rings. The number of hydrogen-bond acceptors (Lipinski definition) is 4. The summed E-state index contributed by atoms with van der Waals surface area (Å²) in [6.45, 7) is 14.5. The molecule has 1 heterocycles. The number of nitrogens with one attached hydrogen (secondary N) is 1. The number of likely N-dealkylation sites (N-methyl/N-ethyl adjacent to an activating group) is 1. The van der Waals surface area contributed by atoms with E-state index in [9.17, 15) is 5.11 Å². The summed E-state index contributed by atoms with van der Waals surface area (Å²) in [6, 6.07) is 0. The van der Waals surface area contributed by atoms with Gasteiger partial charge in [-0.1, -0.05) is 13.8 Å². The molecule has 18 heavy (non-hydrogen) atoms. The van der Waals surface area contributed by atoms with Crippen molar-refractivity contribution in [3.63, 3.8) is 0 Å². The van der Waals surface area contributed by atoms with Crippen LogP contribution in [0.15, 0.2) is 0 Å². The lowest BCUT2D eigenvalue weighted by atomic mass is 9.99. The predicted octanol–water partition coefficient (Wildman–Crippen LogP) is 0.619. The minimum absolute atomic E-state index is 0.212. The summed E-state index contributed by atoms with van der Waals surface area (Å²) >= 11 is 0. The quantitative estimate of drug-likeness (QED) is 0.732. The molecule has 0 aliphatic carbocycles. The third-order valence-electron chi connectivity index (χ3n) is 3.80. The molecular weight excluding hydrogens is 226 g/mol. The van der Waals surface area contributed by atoms with E-state index < -0.39 is 0 Å². The molecule has 4 heteroatoms. The number of aliphatic hydroxyl groups is 1. The molecule has 0 radical (unpaired) electrons. The average Bonchev–Trinajstić information content (AvgIpc) is 2.22. The van der Waals surface area contributed by atoms with Crippen molar-refractivity contribution in [3.8, 4) is 0 Å². The fourth-order valence-corrected chi connectivity index (χ4v) is 2.40. The minimum atomic E-state index is -0.261. The zero-order valence-electron chi connectivity index (χ0n) is 12.7. The highest BCUT2D eigenvalue weighted by Gasteiger charge is 2.31. The van der Waals surface area contributed by atoms with Crippen molar-refractivity contribution >= 4 is 0 Å². The average molecular weight is 257 g/mol. The Bertz CT molecular complexity index is 243. The molecule has 1 saturated heterocycles. The van der Waals surface area contributed by atoms with Gasteiger partial charge in [0.05, 0.1) is 6.10 Å². The molecule has 1 aliphatic heterocycles. The summed E-state index contributed by atoms with van der Waals surface area (Å²) in [7, 11) is 2.18. The SMILES string of the molecule is CC(C)CNCC(O)CN1CCN(C)C(C)(C)C1. The van der Waals surface area contributed by atoms with Gasteiger partial charge in [0, 0.05) is 38.3 Å². The maximum Gasteiger partial charge on any atom is 0.0791 e. The van der Waals surface area contributed by atoms with Gasteiger partial charge in [-0.15, -0.1) is 0 Å². The number of nitrogens with zero attached hydrogens (tertiary/aromatic N) is 2. The van der Waals surface area contributed by atoms with Crippen LogP contribution < -0.4 is 5.32 Å². The van der Waals surface area contributed by atoms with Gasteiger partial charge < -0.3 is 10.4 Å². The Hall–Kier alpha value is -0.160. The van der Waals surface area contributed by atoms with E-state index in [-0.39, 0.29) is 11.6 Å². The van der Waals surface area contributed by atoms with Crippen molar-refractivity contribution in [1.82, 2.24) is 15.1 Å². The lowest BCUT2D eigenvalue weighted by molar-refractivity contribution is 0.0147. The number of aliphatic hydroxyl groups excluding tert-OH is 1. The van der Waals surface area contributed by atoms with Gasteiger partial charge in [-0.25, -0.2) is 0 Å². The Morgan fingerprint density at radius 3 is 2.44 bits per heavy atom. The zero-order chi connectivity index (χ0) is 13.8. The first kappa shape index (κ1) is 15.9. The van der Waals surface area contributed by atoms with Crippen molar-refractivity contribution in [2.75, 3.05) is 46.3 Å². The fraction of sp³-hybridized carbons (Fsp3) is 1.00. The normalized spacial score (nSPS) is 23.5. The second kappa shape index (κ2) is 6.85. The van der Waals surface area contributed by atoms with Gasteiger partial charge in [0.1, 0.15) is 0 Å². The third kappa shape index (κ3) is 5.22. The molecule has 0 saturated carbocycles. The fourth-order valence-electron chi connectivity index (χ4n) is 2.40. The molecule has 1 atom stereocenters. The van der Waals surface area contributed by atoms with E-state index in [2.05, 4.69) is 49.9 Å². The summed E-state index contributed by atoms with van der Waals surface area (Å²) < 4.78 is 0. The van der Waals surface area contributed by atoms with Gasteiger partial charge in [0.15, 0.2) is 0 Å². The molecule has 1 aliphatic rings. The maximum absolute atomic E-state index is 10.0. The lowest BCUT2D eigenvalue weighted by Crippen LogP contribution is -2.59. The van der Waals surface area contributed by atoms with Crippen molar-refractivity contribution in [2.45, 2.75) is 39.3 Å². The van der Waals surface area contributed by atoms with Crippen LogP contribution in [0.25, 0.3) is 0 Å². The van der Waals surface area contributed by atoms with Crippen LogP contribution in [0.5, 0.6) is 0 Å². The summed E-state index contributed by atoms with van der Waals surface area (Å²) in [4.78, 5) is 4.77. The van der Waals surface area contributed by atoms with E-state index in [1.54, 1.807) is 0 Å². The van der Waals surface area contributed by atoms with E-state index >= 15 is 0 Å². The van der Waals surface area contributed by atoms with Crippen LogP contribution >= 0.6 is 0 Å². The largest absolute Gasteiger partial charge is 0.390 e. The molecule has 108 valence electrons. The van der Waals surface area contributed by atoms with E-state index in [4.69, 9.17) is 0 Å². The second-order valence-electron chi connectivity index (χ2n) is 6.68. The first-order valence-corrected chi connectivity index (χ1v) is 7.13. The van der Waals surface area contributed by atoms with Crippen molar-refractivity contribution in [1.29, 1.82) is 0 Å². The zero-order valence-corrected chi connectivity index (χ0v) is 12.7. The van der Waals surface area contributed by atoms with Crippen LogP contribution in [0.2, 0.25) is 0 Å². The van der Waals surface area contributed by atoms with Crippen LogP contribution in [0.1, 0.15) is 27.7 Å². The Labute approximate surface area is 112 Å². The Morgan fingerprint density at radius 1 is 1.22 bits per heavy atom. The van der Waals surface area contributed by atoms with Gasteiger partial charge in [0.2, 0.25) is 0 Å². The summed E-state index contributed by atoms with van der Waals surface area (Å²) in [5.74, 6) is 0.639. The van der Waals surface area contributed by atoms with Crippen LogP contribution in [0.3, 0.4) is 0 Å². The smallest absolute Gasteiger partial charge is 0.0791 e. The number of hydrogen-bond donors (Lipinski definition) is 2. The molecule has 0 aromatic carbocycles. The molecule has 0 aromatic heterocycles. The standard InChI is InChI=1S/C14H31N3O/c1-12(2)8-15-9-13(18)10-17-7-6-16(5)14(3,4)11-17/h12-13,15,18H,6-11H2,1-5H3. The molecule has 0 spiro atoms. The second-order valence-corrected chi connectivity index (χ2v) is 6.68. The molecule has 2 N–H and O–H groups in total. The molecule has 4 nitrogen and oxygen atoms in total. The molecule has 1 unspecified atom stereocenters. The molecular formula is C14H31N3O. The Kier molecular flexibility index (Phi) is 6.05. The first-order valence-electron chi connectivity index (χ1n) is 7.13. The lowest BCUT2D eigenvalue weighted by Gasteiger charge is -2.45.